The van der Waals surface area contributed by atoms with Crippen molar-refractivity contribution >= 4 is 66.4 Å². The van der Waals surface area contributed by atoms with Gasteiger partial charge in [-0.1, -0.05) is 29.3 Å². The number of thiophene rings is 1. The van der Waals surface area contributed by atoms with Crippen LogP contribution >= 0.6 is 66.4 Å². The molecule has 2 atom stereocenters. The van der Waals surface area contributed by atoms with Crippen molar-refractivity contribution in [1.82, 2.24) is 0 Å². The Morgan fingerprint density at radius 2 is 1.90 bits per heavy atom. The number of benzene rings is 1. The summed E-state index contributed by atoms with van der Waals surface area (Å²) in [5.41, 5.74) is 7.42. The highest BCUT2D eigenvalue weighted by Gasteiger charge is 2.26. The molecule has 0 fully saturated rings. The van der Waals surface area contributed by atoms with Crippen LogP contribution in [0.2, 0.25) is 10.0 Å². The van der Waals surface area contributed by atoms with Crippen molar-refractivity contribution in [3.8, 4) is 0 Å². The summed E-state index contributed by atoms with van der Waals surface area (Å²) in [6.45, 7) is 0.280. The van der Waals surface area contributed by atoms with Crippen LogP contribution in [-0.2, 0) is 0 Å². The molecular weight excluding hydrogens is 449 g/mol. The molecule has 0 spiro atoms. The van der Waals surface area contributed by atoms with Crippen LogP contribution in [0.4, 0.5) is 0 Å². The minimum Gasteiger partial charge on any atom is -0.388 e. The van der Waals surface area contributed by atoms with Gasteiger partial charge in [-0.05, 0) is 55.6 Å². The topological polar surface area (TPSA) is 46.2 Å². The zero-order chi connectivity index (χ0) is 14.9. The van der Waals surface area contributed by atoms with Crippen molar-refractivity contribution in [2.24, 2.45) is 5.73 Å². The van der Waals surface area contributed by atoms with Crippen LogP contribution in [-0.4, -0.2) is 11.7 Å². The Morgan fingerprint density at radius 3 is 2.40 bits per heavy atom. The van der Waals surface area contributed by atoms with Crippen LogP contribution in [0.3, 0.4) is 0 Å². The molecule has 7 heteroatoms. The number of aliphatic hydroxyl groups is 1. The molecule has 0 aliphatic carbocycles. The zero-order valence-electron chi connectivity index (χ0n) is 10.1. The molecule has 3 N–H and O–H groups in total. The second kappa shape index (κ2) is 7.09. The van der Waals surface area contributed by atoms with Gasteiger partial charge in [-0.3, -0.25) is 0 Å². The molecule has 0 bridgehead atoms. The Bertz CT molecular complexity index is 620. The maximum Gasteiger partial charge on any atom is 0.0890 e. The fourth-order valence-electron chi connectivity index (χ4n) is 2.00. The van der Waals surface area contributed by atoms with Gasteiger partial charge in [0.1, 0.15) is 0 Å². The van der Waals surface area contributed by atoms with E-state index < -0.39 is 6.10 Å². The molecule has 20 heavy (non-hydrogen) atoms. The monoisotopic (exact) mass is 457 g/mol. The lowest BCUT2D eigenvalue weighted by Gasteiger charge is -2.23. The van der Waals surface area contributed by atoms with Gasteiger partial charge in [0.15, 0.2) is 0 Å². The molecule has 0 radical (unpaired) electrons. The van der Waals surface area contributed by atoms with E-state index in [-0.39, 0.29) is 12.5 Å². The number of hydrogen-bond acceptors (Lipinski definition) is 3. The Labute approximate surface area is 148 Å². The summed E-state index contributed by atoms with van der Waals surface area (Å²) >= 11 is 20.5. The lowest BCUT2D eigenvalue weighted by atomic mass is 9.90. The molecule has 1 heterocycles. The van der Waals surface area contributed by atoms with Gasteiger partial charge in [-0.2, -0.15) is 0 Å². The van der Waals surface area contributed by atoms with Gasteiger partial charge in [0, 0.05) is 28.1 Å². The summed E-state index contributed by atoms with van der Waals surface area (Å²) in [6.07, 6.45) is -0.740. The van der Waals surface area contributed by atoms with E-state index in [1.165, 1.54) is 11.3 Å². The maximum atomic E-state index is 10.6. The van der Waals surface area contributed by atoms with E-state index in [2.05, 4.69) is 31.9 Å². The van der Waals surface area contributed by atoms with E-state index >= 15 is 0 Å². The first-order chi connectivity index (χ1) is 9.43. The second-order valence-electron chi connectivity index (χ2n) is 4.23. The Hall–Kier alpha value is 0.380. The van der Waals surface area contributed by atoms with Crippen LogP contribution in [0.25, 0.3) is 0 Å². The standard InChI is InChI=1S/C13H11Br2Cl2NOS/c14-11-4-8(13(15)20-11)12(19)9(5-18)7-2-1-6(16)3-10(7)17/h1-4,9,12,19H,5,18H2. The van der Waals surface area contributed by atoms with E-state index in [0.717, 1.165) is 18.7 Å². The highest BCUT2D eigenvalue weighted by molar-refractivity contribution is 9.12. The lowest BCUT2D eigenvalue weighted by molar-refractivity contribution is 0.147. The van der Waals surface area contributed by atoms with Crippen molar-refractivity contribution < 1.29 is 5.11 Å². The molecule has 108 valence electrons. The SMILES string of the molecule is NCC(c1ccc(Cl)cc1Cl)C(O)c1cc(Br)sc1Br. The molecule has 2 rings (SSSR count). The summed E-state index contributed by atoms with van der Waals surface area (Å²) in [5.74, 6) is -0.294. The fraction of sp³-hybridized carbons (Fsp3) is 0.231. The first-order valence-corrected chi connectivity index (χ1v) is 8.87. The molecule has 0 aliphatic rings. The molecular formula is C13H11Br2Cl2NOS. The van der Waals surface area contributed by atoms with Crippen molar-refractivity contribution in [2.75, 3.05) is 6.54 Å². The van der Waals surface area contributed by atoms with Gasteiger partial charge in [0.25, 0.3) is 0 Å². The number of nitrogens with two attached hydrogens (primary N) is 1. The van der Waals surface area contributed by atoms with E-state index in [0.29, 0.717) is 10.0 Å². The second-order valence-corrected chi connectivity index (χ2v) is 8.83. The smallest absolute Gasteiger partial charge is 0.0890 e. The summed E-state index contributed by atoms with van der Waals surface area (Å²) < 4.78 is 1.82. The third kappa shape index (κ3) is 3.58. The quantitative estimate of drug-likeness (QED) is 0.646. The van der Waals surface area contributed by atoms with Gasteiger partial charge in [0.05, 0.1) is 13.7 Å². The van der Waals surface area contributed by atoms with E-state index in [9.17, 15) is 5.11 Å². The fourth-order valence-corrected chi connectivity index (χ4v) is 5.46. The van der Waals surface area contributed by atoms with Crippen molar-refractivity contribution in [3.63, 3.8) is 0 Å². The third-order valence-corrected chi connectivity index (χ3v) is 5.95. The van der Waals surface area contributed by atoms with Crippen molar-refractivity contribution in [3.05, 3.63) is 53.0 Å². The van der Waals surface area contributed by atoms with Crippen molar-refractivity contribution in [2.45, 2.75) is 12.0 Å². The van der Waals surface area contributed by atoms with Crippen LogP contribution in [0.1, 0.15) is 23.1 Å². The largest absolute Gasteiger partial charge is 0.388 e. The van der Waals surface area contributed by atoms with Gasteiger partial charge in [-0.15, -0.1) is 11.3 Å². The molecule has 0 saturated heterocycles. The molecule has 0 saturated carbocycles. The summed E-state index contributed by atoms with van der Waals surface area (Å²) in [7, 11) is 0. The van der Waals surface area contributed by atoms with Crippen LogP contribution in [0.5, 0.6) is 0 Å². The Morgan fingerprint density at radius 1 is 1.20 bits per heavy atom. The number of hydrogen-bond donors (Lipinski definition) is 2. The summed E-state index contributed by atoms with van der Waals surface area (Å²) in [4.78, 5) is 0. The van der Waals surface area contributed by atoms with Gasteiger partial charge in [0.2, 0.25) is 0 Å². The Kier molecular flexibility index (Phi) is 5.94. The normalized spacial score (nSPS) is 14.3. The molecule has 2 nitrogen and oxygen atoms in total. The van der Waals surface area contributed by atoms with Gasteiger partial charge in [-0.25, -0.2) is 0 Å². The Balaban J connectivity index is 2.39. The highest BCUT2D eigenvalue weighted by Crippen LogP contribution is 2.42. The molecule has 2 unspecified atom stereocenters. The summed E-state index contributed by atoms with van der Waals surface area (Å²) in [5, 5.41) is 11.7. The average molecular weight is 460 g/mol. The average Bonchev–Trinajstić information content (AvgIpc) is 2.71. The van der Waals surface area contributed by atoms with Gasteiger partial charge < -0.3 is 10.8 Å². The predicted molar refractivity (Wildman–Crippen MR) is 92.9 cm³/mol. The summed E-state index contributed by atoms with van der Waals surface area (Å²) in [6, 6.07) is 7.09. The third-order valence-electron chi connectivity index (χ3n) is 3.00. The molecule has 2 aromatic rings. The number of aliphatic hydroxyl groups excluding tert-OH is 1. The van der Waals surface area contributed by atoms with Crippen LogP contribution in [0.15, 0.2) is 31.8 Å². The van der Waals surface area contributed by atoms with Crippen LogP contribution in [0, 0.1) is 0 Å². The maximum absolute atomic E-state index is 10.6. The molecule has 1 aromatic carbocycles. The minimum atomic E-state index is -0.740. The molecule has 1 aromatic heterocycles. The van der Waals surface area contributed by atoms with Gasteiger partial charge >= 0.3 is 0 Å². The van der Waals surface area contributed by atoms with E-state index in [1.54, 1.807) is 18.2 Å². The molecule has 0 amide bonds. The van der Waals surface area contributed by atoms with Crippen molar-refractivity contribution in [1.29, 1.82) is 0 Å². The number of halogens is 4. The first kappa shape index (κ1) is 16.7. The molecule has 0 aliphatic heterocycles. The van der Waals surface area contributed by atoms with E-state index in [1.807, 2.05) is 6.07 Å². The first-order valence-electron chi connectivity index (χ1n) is 5.71. The predicted octanol–water partition coefficient (Wildman–Crippen LogP) is 5.36. The van der Waals surface area contributed by atoms with E-state index in [4.69, 9.17) is 28.9 Å². The lowest BCUT2D eigenvalue weighted by Crippen LogP contribution is -2.20. The minimum absolute atomic E-state index is 0.280. The zero-order valence-corrected chi connectivity index (χ0v) is 15.6. The highest BCUT2D eigenvalue weighted by atomic mass is 79.9. The number of rotatable bonds is 4. The van der Waals surface area contributed by atoms with Crippen LogP contribution < -0.4 is 5.73 Å².